The summed E-state index contributed by atoms with van der Waals surface area (Å²) in [6.07, 6.45) is 1.81. The van der Waals surface area contributed by atoms with Crippen LogP contribution in [-0.2, 0) is 49.6 Å². The molecule has 4 atom stereocenters. The number of aliphatic carboxylic acids is 2. The Hall–Kier alpha value is -5.44. The van der Waals surface area contributed by atoms with Gasteiger partial charge in [-0.3, -0.25) is 43.2 Å². The second-order valence-corrected chi connectivity index (χ2v) is 10.5. The van der Waals surface area contributed by atoms with Crippen LogP contribution < -0.4 is 38.1 Å². The summed E-state index contributed by atoms with van der Waals surface area (Å²) >= 11 is 0. The number of nitrogens with one attached hydrogen (secondary N) is 6. The molecule has 1 heterocycles. The summed E-state index contributed by atoms with van der Waals surface area (Å²) in [7, 11) is 0. The van der Waals surface area contributed by atoms with Crippen molar-refractivity contribution < 1.29 is 58.5 Å². The van der Waals surface area contributed by atoms with Gasteiger partial charge in [0.2, 0.25) is 41.4 Å². The number of unbranched alkanes of at least 4 members (excludes halogenated alkanes) is 1. The maximum Gasteiger partial charge on any atom is 0.325 e. The number of hydrogen-bond donors (Lipinski definition) is 11. The lowest BCUT2D eigenvalue weighted by atomic mass is 9.94. The molecule has 6 amide bonds. The molecule has 0 aliphatic carbocycles. The van der Waals surface area contributed by atoms with Crippen LogP contribution in [-0.4, -0.2) is 122 Å². The molecule has 0 saturated carbocycles. The Morgan fingerprint density at radius 3 is 1.94 bits per heavy atom. The van der Waals surface area contributed by atoms with E-state index in [9.17, 15) is 58.5 Å². The Balaban J connectivity index is 3.30. The molecule has 0 radical (unpaired) electrons. The summed E-state index contributed by atoms with van der Waals surface area (Å²) < 4.78 is 0. The number of aliphatic hydroxyl groups excluding tert-OH is 1. The minimum Gasteiger partial charge on any atom is -0.480 e. The van der Waals surface area contributed by atoms with E-state index in [2.05, 4.69) is 36.6 Å². The molecule has 0 bridgehead atoms. The Morgan fingerprint density at radius 1 is 0.833 bits per heavy atom. The fraction of sp³-hybridized carbons (Fsp3) is 0.556. The number of rotatable bonds is 23. The molecule has 0 unspecified atom stereocenters. The van der Waals surface area contributed by atoms with Gasteiger partial charge in [-0.15, -0.1) is 0 Å². The normalized spacial score (nSPS) is 13.2. The molecule has 48 heavy (non-hydrogen) atoms. The lowest BCUT2D eigenvalue weighted by Gasteiger charge is -2.26. The largest absolute Gasteiger partial charge is 0.480 e. The summed E-state index contributed by atoms with van der Waals surface area (Å²) in [6, 6.07) is -6.33. The number of primary amides is 1. The monoisotopic (exact) mass is 683 g/mol. The first-order valence-corrected chi connectivity index (χ1v) is 14.6. The number of carbonyl (C=O) groups is 9. The maximum absolute atomic E-state index is 13.5. The molecule has 21 heteroatoms. The molecule has 0 aliphatic rings. The highest BCUT2D eigenvalue weighted by atomic mass is 16.4. The first-order valence-electron chi connectivity index (χ1n) is 14.6. The van der Waals surface area contributed by atoms with Crippen molar-refractivity contribution in [3.63, 3.8) is 0 Å². The van der Waals surface area contributed by atoms with E-state index in [1.54, 1.807) is 0 Å². The van der Waals surface area contributed by atoms with Crippen LogP contribution in [0.4, 0.5) is 0 Å². The number of aliphatic hydroxyl groups is 1. The zero-order valence-corrected chi connectivity index (χ0v) is 26.0. The van der Waals surface area contributed by atoms with Crippen molar-refractivity contribution in [2.45, 2.75) is 69.6 Å². The third-order valence-electron chi connectivity index (χ3n) is 6.64. The summed E-state index contributed by atoms with van der Waals surface area (Å²) in [5.41, 5.74) is 11.0. The van der Waals surface area contributed by atoms with Gasteiger partial charge in [0.15, 0.2) is 5.78 Å². The van der Waals surface area contributed by atoms with E-state index in [1.165, 1.54) is 12.5 Å². The smallest absolute Gasteiger partial charge is 0.325 e. The Morgan fingerprint density at radius 2 is 1.42 bits per heavy atom. The predicted octanol–water partition coefficient (Wildman–Crippen LogP) is -5.23. The second kappa shape index (κ2) is 20.6. The third kappa shape index (κ3) is 14.3. The summed E-state index contributed by atoms with van der Waals surface area (Å²) in [5, 5.41) is 39.6. The van der Waals surface area contributed by atoms with E-state index < -0.39 is 109 Å². The van der Waals surface area contributed by atoms with Crippen LogP contribution in [0.25, 0.3) is 0 Å². The van der Waals surface area contributed by atoms with Gasteiger partial charge < -0.3 is 58.4 Å². The Labute approximate surface area is 273 Å². The first kappa shape index (κ1) is 40.6. The summed E-state index contributed by atoms with van der Waals surface area (Å²) in [4.78, 5) is 117. The van der Waals surface area contributed by atoms with E-state index in [-0.39, 0.29) is 25.8 Å². The molecule has 13 N–H and O–H groups in total. The number of nitrogens with two attached hydrogens (primary N) is 2. The van der Waals surface area contributed by atoms with Gasteiger partial charge in [0.25, 0.3) is 0 Å². The van der Waals surface area contributed by atoms with Gasteiger partial charge >= 0.3 is 11.9 Å². The molecule has 1 aromatic rings. The molecule has 0 spiro atoms. The number of aromatic amines is 1. The van der Waals surface area contributed by atoms with Crippen LogP contribution in [0.3, 0.4) is 0 Å². The van der Waals surface area contributed by atoms with Gasteiger partial charge in [-0.25, -0.2) is 4.98 Å². The SMILES string of the molecule is CC(=O)NCC(=O)N[C@@H](CO)C(=O)N[C@@H](CCC(N)=O)C(=O)N[C@@H](Cc1cnc[nH]1)C(=O)N[C@@H](CCCCN)C(=O)C(C(=O)O)C(=O)O. The number of aromatic nitrogens is 2. The minimum atomic E-state index is -2.50. The van der Waals surface area contributed by atoms with Gasteiger partial charge in [0.1, 0.15) is 18.1 Å². The van der Waals surface area contributed by atoms with Gasteiger partial charge in [0.05, 0.1) is 25.5 Å². The van der Waals surface area contributed by atoms with Crippen molar-refractivity contribution >= 4 is 53.2 Å². The van der Waals surface area contributed by atoms with Crippen LogP contribution in [0.1, 0.15) is 44.7 Å². The maximum atomic E-state index is 13.5. The zero-order valence-electron chi connectivity index (χ0n) is 26.0. The lowest BCUT2D eigenvalue weighted by Crippen LogP contribution is -2.59. The van der Waals surface area contributed by atoms with Crippen LogP contribution in [0.15, 0.2) is 12.5 Å². The fourth-order valence-corrected chi connectivity index (χ4v) is 4.17. The molecular formula is C27H41N9O12. The average molecular weight is 684 g/mol. The number of carbonyl (C=O) groups excluding carboxylic acids is 7. The standard InChI is InChI=1S/C27H41N9O12/c1-13(38)31-10-20(40)33-18(11-37)25(44)35-16(5-6-19(29)39)23(42)36-17(8-14-9-30-12-32-14)24(43)34-15(4-2-3-7-28)22(41)21(26(45)46)27(47)48/h9,12,15-18,21,37H,2-8,10-11,28H2,1H3,(H2,29,39)(H,30,32)(H,31,38)(H,33,40)(H,34,43)(H,35,44)(H,36,42)(H,45,46)(H,47,48)/t15-,16-,17-,18-/m0/s1. The van der Waals surface area contributed by atoms with Crippen LogP contribution in [0, 0.1) is 5.92 Å². The second-order valence-electron chi connectivity index (χ2n) is 10.5. The number of amides is 6. The van der Waals surface area contributed by atoms with Gasteiger partial charge in [0, 0.05) is 31.7 Å². The van der Waals surface area contributed by atoms with Crippen molar-refractivity contribution in [2.75, 3.05) is 19.7 Å². The number of carboxylic acids is 2. The molecule has 0 fully saturated rings. The van der Waals surface area contributed by atoms with Gasteiger partial charge in [-0.2, -0.15) is 0 Å². The minimum absolute atomic E-state index is 0.183. The highest BCUT2D eigenvalue weighted by Gasteiger charge is 2.40. The van der Waals surface area contributed by atoms with E-state index in [0.29, 0.717) is 12.1 Å². The molecule has 21 nitrogen and oxygen atoms in total. The average Bonchev–Trinajstić information content (AvgIpc) is 3.52. The topological polar surface area (TPSA) is 355 Å². The number of hydrogen-bond acceptors (Lipinski definition) is 12. The van der Waals surface area contributed by atoms with Crippen molar-refractivity contribution in [1.29, 1.82) is 0 Å². The quantitative estimate of drug-likeness (QED) is 0.0379. The van der Waals surface area contributed by atoms with E-state index in [4.69, 9.17) is 11.5 Å². The van der Waals surface area contributed by atoms with E-state index >= 15 is 0 Å². The highest BCUT2D eigenvalue weighted by molar-refractivity contribution is 6.16. The summed E-state index contributed by atoms with van der Waals surface area (Å²) in [5.74, 6) is -13.1. The first-order chi connectivity index (χ1) is 22.6. The molecule has 0 aliphatic heterocycles. The van der Waals surface area contributed by atoms with Crippen LogP contribution in [0.5, 0.6) is 0 Å². The van der Waals surface area contributed by atoms with Crippen molar-refractivity contribution in [2.24, 2.45) is 17.4 Å². The number of H-pyrrole nitrogens is 1. The van der Waals surface area contributed by atoms with Gasteiger partial charge in [-0.1, -0.05) is 0 Å². The number of nitrogens with zero attached hydrogens (tertiary/aromatic N) is 1. The number of ketones is 1. The number of Topliss-reactive ketones (excluding diaryl/α,β-unsaturated/α-hetero) is 1. The van der Waals surface area contributed by atoms with Crippen LogP contribution in [0.2, 0.25) is 0 Å². The predicted molar refractivity (Wildman–Crippen MR) is 161 cm³/mol. The fourth-order valence-electron chi connectivity index (χ4n) is 4.17. The van der Waals surface area contributed by atoms with E-state index in [1.807, 2.05) is 0 Å². The molecular weight excluding hydrogens is 642 g/mol. The molecule has 1 rings (SSSR count). The Kier molecular flexibility index (Phi) is 17.4. The Bertz CT molecular complexity index is 1310. The van der Waals surface area contributed by atoms with E-state index in [0.717, 1.165) is 6.92 Å². The number of carboxylic acid groups (broad SMARTS) is 2. The van der Waals surface area contributed by atoms with Crippen molar-refractivity contribution in [3.05, 3.63) is 18.2 Å². The zero-order chi connectivity index (χ0) is 36.4. The van der Waals surface area contributed by atoms with Crippen LogP contribution >= 0.6 is 0 Å². The summed E-state index contributed by atoms with van der Waals surface area (Å²) in [6.45, 7) is -0.123. The van der Waals surface area contributed by atoms with Crippen molar-refractivity contribution in [3.8, 4) is 0 Å². The number of imidazole rings is 1. The lowest BCUT2D eigenvalue weighted by molar-refractivity contribution is -0.159. The third-order valence-corrected chi connectivity index (χ3v) is 6.64. The highest BCUT2D eigenvalue weighted by Crippen LogP contribution is 2.12. The molecule has 0 saturated heterocycles. The van der Waals surface area contributed by atoms with Crippen molar-refractivity contribution in [1.82, 2.24) is 36.6 Å². The molecule has 0 aromatic carbocycles. The molecule has 1 aromatic heterocycles. The molecule has 266 valence electrons. The van der Waals surface area contributed by atoms with Gasteiger partial charge in [-0.05, 0) is 32.2 Å².